The molecular formula is C17H21FN2O. The van der Waals surface area contributed by atoms with Crippen LogP contribution in [-0.2, 0) is 6.42 Å². The number of benzene rings is 2. The van der Waals surface area contributed by atoms with Gasteiger partial charge in [-0.05, 0) is 43.5 Å². The predicted molar refractivity (Wildman–Crippen MR) is 82.6 cm³/mol. The Balaban J connectivity index is 2.33. The lowest BCUT2D eigenvalue weighted by Crippen LogP contribution is -2.30. The molecule has 0 aliphatic rings. The highest BCUT2D eigenvalue weighted by Crippen LogP contribution is 2.27. The van der Waals surface area contributed by atoms with Crippen molar-refractivity contribution in [3.63, 3.8) is 0 Å². The van der Waals surface area contributed by atoms with E-state index >= 15 is 0 Å². The topological polar surface area (TPSA) is 47.3 Å². The molecule has 21 heavy (non-hydrogen) atoms. The molecule has 0 fully saturated rings. The number of ether oxygens (including phenoxy) is 1. The van der Waals surface area contributed by atoms with E-state index in [-0.39, 0.29) is 11.9 Å². The molecule has 0 saturated carbocycles. The number of methoxy groups -OCH3 is 1. The zero-order valence-electron chi connectivity index (χ0n) is 12.6. The van der Waals surface area contributed by atoms with Gasteiger partial charge < -0.3 is 4.74 Å². The van der Waals surface area contributed by atoms with Crippen LogP contribution < -0.4 is 16.0 Å². The number of nitrogens with one attached hydrogen (secondary N) is 1. The first-order valence-corrected chi connectivity index (χ1v) is 6.91. The van der Waals surface area contributed by atoms with Crippen LogP contribution in [0.5, 0.6) is 5.75 Å². The Morgan fingerprint density at radius 2 is 1.81 bits per heavy atom. The molecule has 0 aromatic heterocycles. The maximum Gasteiger partial charge on any atom is 0.128 e. The molecule has 0 aliphatic carbocycles. The molecule has 2 rings (SSSR count). The first kappa shape index (κ1) is 15.5. The molecule has 0 radical (unpaired) electrons. The number of hydrazine groups is 1. The molecule has 3 N–H and O–H groups in total. The fourth-order valence-electron chi connectivity index (χ4n) is 2.46. The quantitative estimate of drug-likeness (QED) is 0.656. The lowest BCUT2D eigenvalue weighted by molar-refractivity contribution is 0.404. The van der Waals surface area contributed by atoms with Crippen LogP contribution in [0.1, 0.15) is 28.3 Å². The molecule has 0 bridgehead atoms. The van der Waals surface area contributed by atoms with Crippen LogP contribution in [-0.4, -0.2) is 7.11 Å². The van der Waals surface area contributed by atoms with E-state index in [2.05, 4.69) is 5.43 Å². The summed E-state index contributed by atoms with van der Waals surface area (Å²) in [6, 6.07) is 10.8. The SMILES string of the molecule is COc1ccc(C)cc1CC(NN)c1ccc(C)cc1F. The van der Waals surface area contributed by atoms with Crippen molar-refractivity contribution in [2.45, 2.75) is 26.3 Å². The highest BCUT2D eigenvalue weighted by Gasteiger charge is 2.17. The Morgan fingerprint density at radius 1 is 1.14 bits per heavy atom. The first-order valence-electron chi connectivity index (χ1n) is 6.91. The Morgan fingerprint density at radius 3 is 2.43 bits per heavy atom. The van der Waals surface area contributed by atoms with Crippen LogP contribution in [0.25, 0.3) is 0 Å². The smallest absolute Gasteiger partial charge is 0.128 e. The van der Waals surface area contributed by atoms with Crippen LogP contribution >= 0.6 is 0 Å². The molecular weight excluding hydrogens is 267 g/mol. The fraction of sp³-hybridized carbons (Fsp3) is 0.294. The standard InChI is InChI=1S/C17H21FN2O/c1-11-5-7-17(21-3)13(8-11)10-16(20-19)14-6-4-12(2)9-15(14)18/h4-9,16,20H,10,19H2,1-3H3. The van der Waals surface area contributed by atoms with E-state index in [0.717, 1.165) is 22.4 Å². The van der Waals surface area contributed by atoms with Crippen LogP contribution in [0.2, 0.25) is 0 Å². The molecule has 0 heterocycles. The average molecular weight is 288 g/mol. The maximum atomic E-state index is 14.1. The van der Waals surface area contributed by atoms with Gasteiger partial charge in [0.05, 0.1) is 13.2 Å². The van der Waals surface area contributed by atoms with Crippen LogP contribution in [0.15, 0.2) is 36.4 Å². The highest BCUT2D eigenvalue weighted by atomic mass is 19.1. The van der Waals surface area contributed by atoms with Gasteiger partial charge in [0.1, 0.15) is 11.6 Å². The van der Waals surface area contributed by atoms with Gasteiger partial charge in [-0.3, -0.25) is 11.3 Å². The Bertz CT molecular complexity index is 628. The monoisotopic (exact) mass is 288 g/mol. The van der Waals surface area contributed by atoms with Crippen molar-refractivity contribution in [1.29, 1.82) is 0 Å². The fourth-order valence-corrected chi connectivity index (χ4v) is 2.46. The second kappa shape index (κ2) is 6.70. The van der Waals surface area contributed by atoms with E-state index in [1.165, 1.54) is 6.07 Å². The van der Waals surface area contributed by atoms with E-state index in [4.69, 9.17) is 10.6 Å². The summed E-state index contributed by atoms with van der Waals surface area (Å²) in [4.78, 5) is 0. The summed E-state index contributed by atoms with van der Waals surface area (Å²) in [5.41, 5.74) is 6.28. The normalized spacial score (nSPS) is 12.2. The largest absolute Gasteiger partial charge is 0.496 e. The van der Waals surface area contributed by atoms with E-state index in [1.807, 2.05) is 38.1 Å². The number of aryl methyl sites for hydroxylation is 2. The van der Waals surface area contributed by atoms with Gasteiger partial charge in [0, 0.05) is 5.56 Å². The number of hydrogen-bond donors (Lipinski definition) is 2. The Labute approximate surface area is 124 Å². The minimum absolute atomic E-state index is 0.246. The maximum absolute atomic E-state index is 14.1. The van der Waals surface area contributed by atoms with Gasteiger partial charge in [-0.15, -0.1) is 0 Å². The Hall–Kier alpha value is -1.91. The molecule has 0 saturated heterocycles. The van der Waals surface area contributed by atoms with Crippen molar-refractivity contribution >= 4 is 0 Å². The minimum atomic E-state index is -0.304. The van der Waals surface area contributed by atoms with E-state index in [9.17, 15) is 4.39 Å². The third-order valence-electron chi connectivity index (χ3n) is 3.59. The second-order valence-electron chi connectivity index (χ2n) is 5.26. The molecule has 1 unspecified atom stereocenters. The van der Waals surface area contributed by atoms with Gasteiger partial charge in [-0.1, -0.05) is 29.8 Å². The molecule has 3 nitrogen and oxygen atoms in total. The lowest BCUT2D eigenvalue weighted by atomic mass is 9.96. The molecule has 4 heteroatoms. The second-order valence-corrected chi connectivity index (χ2v) is 5.26. The van der Waals surface area contributed by atoms with Gasteiger partial charge in [0.15, 0.2) is 0 Å². The Kier molecular flexibility index (Phi) is 4.94. The van der Waals surface area contributed by atoms with Crippen molar-refractivity contribution in [3.05, 3.63) is 64.5 Å². The van der Waals surface area contributed by atoms with E-state index < -0.39 is 0 Å². The third-order valence-corrected chi connectivity index (χ3v) is 3.59. The van der Waals surface area contributed by atoms with Crippen molar-refractivity contribution < 1.29 is 9.13 Å². The summed E-state index contributed by atoms with van der Waals surface area (Å²) in [6.45, 7) is 3.88. The van der Waals surface area contributed by atoms with Gasteiger partial charge in [-0.25, -0.2) is 4.39 Å². The van der Waals surface area contributed by atoms with Gasteiger partial charge in [0.2, 0.25) is 0 Å². The van der Waals surface area contributed by atoms with Crippen LogP contribution in [0.3, 0.4) is 0 Å². The minimum Gasteiger partial charge on any atom is -0.496 e. The van der Waals surface area contributed by atoms with Crippen molar-refractivity contribution in [3.8, 4) is 5.75 Å². The summed E-state index contributed by atoms with van der Waals surface area (Å²) in [7, 11) is 1.63. The van der Waals surface area contributed by atoms with Crippen LogP contribution in [0, 0.1) is 19.7 Å². The van der Waals surface area contributed by atoms with Crippen molar-refractivity contribution in [2.24, 2.45) is 5.84 Å². The van der Waals surface area contributed by atoms with Crippen molar-refractivity contribution in [1.82, 2.24) is 5.43 Å². The third kappa shape index (κ3) is 3.60. The molecule has 1 atom stereocenters. The van der Waals surface area contributed by atoms with Gasteiger partial charge in [-0.2, -0.15) is 0 Å². The summed E-state index contributed by atoms with van der Waals surface area (Å²) < 4.78 is 19.5. The van der Waals surface area contributed by atoms with E-state index in [0.29, 0.717) is 12.0 Å². The summed E-state index contributed by atoms with van der Waals surface area (Å²) in [5.74, 6) is 6.17. The van der Waals surface area contributed by atoms with Gasteiger partial charge >= 0.3 is 0 Å². The average Bonchev–Trinajstić information content (AvgIpc) is 2.45. The predicted octanol–water partition coefficient (Wildman–Crippen LogP) is 3.20. The van der Waals surface area contributed by atoms with Gasteiger partial charge in [0.25, 0.3) is 0 Å². The number of halogens is 1. The van der Waals surface area contributed by atoms with E-state index in [1.54, 1.807) is 13.2 Å². The van der Waals surface area contributed by atoms with Crippen LogP contribution in [0.4, 0.5) is 4.39 Å². The number of hydrogen-bond acceptors (Lipinski definition) is 3. The zero-order valence-corrected chi connectivity index (χ0v) is 12.6. The van der Waals surface area contributed by atoms with Crippen molar-refractivity contribution in [2.75, 3.05) is 7.11 Å². The molecule has 112 valence electrons. The number of rotatable bonds is 5. The summed E-state index contributed by atoms with van der Waals surface area (Å²) in [5, 5.41) is 0. The zero-order chi connectivity index (χ0) is 15.4. The molecule has 0 spiro atoms. The summed E-state index contributed by atoms with van der Waals surface area (Å²) >= 11 is 0. The molecule has 2 aromatic carbocycles. The highest BCUT2D eigenvalue weighted by molar-refractivity contribution is 5.38. The number of nitrogens with two attached hydrogens (primary N) is 1. The molecule has 0 amide bonds. The summed E-state index contributed by atoms with van der Waals surface area (Å²) in [6.07, 6.45) is 0.557. The molecule has 2 aromatic rings. The lowest BCUT2D eigenvalue weighted by Gasteiger charge is -2.19. The molecule has 0 aliphatic heterocycles. The first-order chi connectivity index (χ1) is 10.0.